The van der Waals surface area contributed by atoms with E-state index >= 15 is 0 Å². The van der Waals surface area contributed by atoms with Crippen molar-refractivity contribution in [3.8, 4) is 11.3 Å². The highest BCUT2D eigenvalue weighted by Gasteiger charge is 2.23. The Morgan fingerprint density at radius 1 is 1.21 bits per heavy atom. The van der Waals surface area contributed by atoms with E-state index in [0.717, 1.165) is 8.87 Å². The van der Waals surface area contributed by atoms with Crippen LogP contribution in [0.5, 0.6) is 0 Å². The van der Waals surface area contributed by atoms with Gasteiger partial charge in [0, 0.05) is 29.0 Å². The first-order valence-corrected chi connectivity index (χ1v) is 9.64. The average molecular weight is 361 g/mol. The molecule has 2 heterocycles. The van der Waals surface area contributed by atoms with Crippen molar-refractivity contribution in [2.24, 2.45) is 0 Å². The maximum atomic E-state index is 14.1. The van der Waals surface area contributed by atoms with E-state index in [1.54, 1.807) is 30.5 Å². The number of aromatic nitrogens is 2. The maximum absolute atomic E-state index is 14.1. The lowest BCUT2D eigenvalue weighted by Crippen LogP contribution is -2.14. The van der Waals surface area contributed by atoms with Gasteiger partial charge in [-0.15, -0.1) is 11.8 Å². The summed E-state index contributed by atoms with van der Waals surface area (Å²) in [6.45, 7) is 3.77. The Balaban J connectivity index is 2.21. The summed E-state index contributed by atoms with van der Waals surface area (Å²) in [5.74, 6) is -0.497. The number of rotatable bonds is 4. The molecule has 0 bridgehead atoms. The van der Waals surface area contributed by atoms with Gasteiger partial charge in [-0.1, -0.05) is 12.1 Å². The van der Waals surface area contributed by atoms with E-state index in [0.29, 0.717) is 5.56 Å². The summed E-state index contributed by atoms with van der Waals surface area (Å²) in [6.07, 6.45) is 6.08. The van der Waals surface area contributed by atoms with Crippen molar-refractivity contribution < 1.29 is 12.8 Å². The highest BCUT2D eigenvalue weighted by Crippen LogP contribution is 2.29. The van der Waals surface area contributed by atoms with Crippen molar-refractivity contribution in [3.05, 3.63) is 73.3 Å². The zero-order valence-electron chi connectivity index (χ0n) is 12.8. The summed E-state index contributed by atoms with van der Waals surface area (Å²) in [4.78, 5) is 4.74. The highest BCUT2D eigenvalue weighted by atomic mass is 32.2. The lowest BCUT2D eigenvalue weighted by atomic mass is 10.1. The number of benzene rings is 1. The topological polar surface area (TPSA) is 52.0 Å². The van der Waals surface area contributed by atoms with Crippen LogP contribution < -0.4 is 0 Å². The Hall–Kier alpha value is -2.12. The molecular weight excluding hydrogens is 347 g/mol. The Morgan fingerprint density at radius 3 is 2.67 bits per heavy atom. The van der Waals surface area contributed by atoms with E-state index < -0.39 is 15.8 Å². The van der Waals surface area contributed by atoms with Crippen LogP contribution in [-0.2, 0) is 10.0 Å². The summed E-state index contributed by atoms with van der Waals surface area (Å²) < 4.78 is 41.1. The van der Waals surface area contributed by atoms with Gasteiger partial charge >= 0.3 is 0 Å². The van der Waals surface area contributed by atoms with Crippen LogP contribution in [0.1, 0.15) is 5.56 Å². The number of nitrogens with zero attached hydrogens (tertiary/aromatic N) is 2. The molecule has 1 aromatic carbocycles. The van der Waals surface area contributed by atoms with Gasteiger partial charge < -0.3 is 0 Å². The minimum absolute atomic E-state index is 0.0440. The second-order valence-electron chi connectivity index (χ2n) is 5.07. The first-order chi connectivity index (χ1) is 11.4. The molecule has 24 heavy (non-hydrogen) atoms. The molecular formula is C17H14FN2O2S2. The molecule has 2 aromatic heterocycles. The van der Waals surface area contributed by atoms with Gasteiger partial charge in [0.2, 0.25) is 0 Å². The van der Waals surface area contributed by atoms with Gasteiger partial charge in [0.15, 0.2) is 0 Å². The third kappa shape index (κ3) is 2.97. The first-order valence-electron chi connectivity index (χ1n) is 6.97. The van der Waals surface area contributed by atoms with Gasteiger partial charge in [0.05, 0.1) is 5.69 Å². The Morgan fingerprint density at radius 2 is 1.96 bits per heavy atom. The molecule has 7 heteroatoms. The molecule has 0 aliphatic heterocycles. The van der Waals surface area contributed by atoms with Gasteiger partial charge in [0.25, 0.3) is 10.0 Å². The van der Waals surface area contributed by atoms with E-state index in [1.165, 1.54) is 36.3 Å². The zero-order chi connectivity index (χ0) is 17.3. The molecule has 0 atom stereocenters. The van der Waals surface area contributed by atoms with Crippen LogP contribution in [0, 0.1) is 12.7 Å². The molecule has 0 fully saturated rings. The molecule has 0 aliphatic rings. The summed E-state index contributed by atoms with van der Waals surface area (Å²) in [5, 5.41) is 0. The van der Waals surface area contributed by atoms with Crippen LogP contribution in [-0.4, -0.2) is 23.6 Å². The maximum Gasteiger partial charge on any atom is 0.269 e. The molecule has 3 aromatic rings. The molecule has 4 nitrogen and oxygen atoms in total. The third-order valence-electron chi connectivity index (χ3n) is 3.47. The van der Waals surface area contributed by atoms with Crippen molar-refractivity contribution in [2.45, 2.75) is 9.79 Å². The van der Waals surface area contributed by atoms with E-state index in [4.69, 9.17) is 0 Å². The zero-order valence-corrected chi connectivity index (χ0v) is 14.4. The van der Waals surface area contributed by atoms with Crippen LogP contribution >= 0.6 is 11.8 Å². The van der Waals surface area contributed by atoms with E-state index in [9.17, 15) is 12.8 Å². The molecule has 0 spiro atoms. The van der Waals surface area contributed by atoms with E-state index in [1.807, 2.05) is 6.26 Å². The van der Waals surface area contributed by atoms with Gasteiger partial charge in [-0.05, 0) is 43.0 Å². The lowest BCUT2D eigenvalue weighted by molar-refractivity contribution is 0.587. The Labute approximate surface area is 144 Å². The number of hydrogen-bond acceptors (Lipinski definition) is 4. The van der Waals surface area contributed by atoms with Crippen LogP contribution in [0.15, 0.2) is 64.8 Å². The quantitative estimate of drug-likeness (QED) is 0.663. The fourth-order valence-electron chi connectivity index (χ4n) is 2.33. The normalized spacial score (nSPS) is 11.6. The predicted molar refractivity (Wildman–Crippen MR) is 92.9 cm³/mol. The van der Waals surface area contributed by atoms with Crippen LogP contribution in [0.4, 0.5) is 4.39 Å². The summed E-state index contributed by atoms with van der Waals surface area (Å²) in [7, 11) is -3.91. The summed E-state index contributed by atoms with van der Waals surface area (Å²) >= 11 is 1.39. The fraction of sp³-hybridized carbons (Fsp3) is 0.0588. The van der Waals surface area contributed by atoms with Gasteiger partial charge in [-0.25, -0.2) is 16.8 Å². The van der Waals surface area contributed by atoms with Crippen molar-refractivity contribution in [1.82, 2.24) is 8.96 Å². The number of pyridine rings is 1. The Kier molecular flexibility index (Phi) is 4.47. The predicted octanol–water partition coefficient (Wildman–Crippen LogP) is 3.83. The SMILES string of the molecule is [CH2]c1cc(-c2ccccc2F)n(S(=O)(=O)c2cncc(SC)c2)c1. The smallest absolute Gasteiger partial charge is 0.262 e. The van der Waals surface area contributed by atoms with Crippen molar-refractivity contribution in [3.63, 3.8) is 0 Å². The molecule has 1 radical (unpaired) electrons. The average Bonchev–Trinajstić information content (AvgIpc) is 2.98. The van der Waals surface area contributed by atoms with Crippen molar-refractivity contribution >= 4 is 21.8 Å². The molecule has 0 saturated carbocycles. The number of thioether (sulfide) groups is 1. The molecule has 0 aliphatic carbocycles. The first kappa shape index (κ1) is 16.7. The fourth-order valence-corrected chi connectivity index (χ4v) is 4.19. The van der Waals surface area contributed by atoms with Crippen molar-refractivity contribution in [1.29, 1.82) is 0 Å². The second-order valence-corrected chi connectivity index (χ2v) is 7.77. The van der Waals surface area contributed by atoms with Crippen LogP contribution in [0.2, 0.25) is 0 Å². The van der Waals surface area contributed by atoms with E-state index in [-0.39, 0.29) is 16.2 Å². The van der Waals surface area contributed by atoms with Crippen molar-refractivity contribution in [2.75, 3.05) is 6.26 Å². The lowest BCUT2D eigenvalue weighted by Gasteiger charge is -2.11. The minimum atomic E-state index is -3.91. The van der Waals surface area contributed by atoms with Crippen LogP contribution in [0.3, 0.4) is 0 Å². The summed E-state index contributed by atoms with van der Waals surface area (Å²) in [6, 6.07) is 9.12. The monoisotopic (exact) mass is 361 g/mol. The number of hydrogen-bond donors (Lipinski definition) is 0. The molecule has 0 saturated heterocycles. The van der Waals surface area contributed by atoms with Gasteiger partial charge in [-0.3, -0.25) is 4.98 Å². The molecule has 123 valence electrons. The molecule has 0 unspecified atom stereocenters. The number of halogens is 1. The van der Waals surface area contributed by atoms with Gasteiger partial charge in [-0.2, -0.15) is 0 Å². The second kappa shape index (κ2) is 6.41. The summed E-state index contributed by atoms with van der Waals surface area (Å²) in [5.41, 5.74) is 0.906. The largest absolute Gasteiger partial charge is 0.269 e. The highest BCUT2D eigenvalue weighted by molar-refractivity contribution is 7.98. The van der Waals surface area contributed by atoms with Crippen LogP contribution in [0.25, 0.3) is 11.3 Å². The third-order valence-corrected chi connectivity index (χ3v) is 5.81. The molecule has 3 rings (SSSR count). The minimum Gasteiger partial charge on any atom is -0.262 e. The standard InChI is InChI=1S/C17H14FN2O2S2/c1-12-7-17(15-5-3-4-6-16(15)18)20(11-12)24(21,22)14-8-13(23-2)9-19-10-14/h3-11H,1H2,2H3. The molecule has 0 N–H and O–H groups in total. The van der Waals surface area contributed by atoms with Gasteiger partial charge in [0.1, 0.15) is 10.7 Å². The van der Waals surface area contributed by atoms with E-state index in [2.05, 4.69) is 11.9 Å². The molecule has 0 amide bonds. The Bertz CT molecular complexity index is 997.